The Morgan fingerprint density at radius 2 is 1.42 bits per heavy atom. The van der Waals surface area contributed by atoms with Crippen LogP contribution in [-0.2, 0) is 33.1 Å². The smallest absolute Gasteiger partial charge is 0.365 e. The molecule has 0 atom stereocenters. The number of esters is 2. The van der Waals surface area contributed by atoms with E-state index in [0.29, 0.717) is 0 Å². The van der Waals surface area contributed by atoms with Crippen molar-refractivity contribution >= 4 is 19.5 Å². The van der Waals surface area contributed by atoms with Gasteiger partial charge in [0.2, 0.25) is 0 Å². The van der Waals surface area contributed by atoms with Crippen LogP contribution in [0.15, 0.2) is 0 Å². The van der Waals surface area contributed by atoms with Crippen molar-refractivity contribution in [2.45, 2.75) is 48.0 Å². The van der Waals surface area contributed by atoms with Gasteiger partial charge in [0.05, 0.1) is 17.4 Å². The summed E-state index contributed by atoms with van der Waals surface area (Å²) in [5.74, 6) is -1.30. The second-order valence-electron chi connectivity index (χ2n) is 7.06. The lowest BCUT2D eigenvalue weighted by Gasteiger charge is -2.25. The summed E-state index contributed by atoms with van der Waals surface area (Å²) >= 11 is 0. The molecule has 10 heteroatoms. The molecule has 0 bridgehead atoms. The Morgan fingerprint density at radius 1 is 1.00 bits per heavy atom. The van der Waals surface area contributed by atoms with Crippen molar-refractivity contribution < 1.29 is 42.9 Å². The van der Waals surface area contributed by atoms with E-state index in [1.807, 2.05) is 0 Å². The largest absolute Gasteiger partial charge is 0.400 e. The van der Waals surface area contributed by atoms with Crippen LogP contribution in [0.2, 0.25) is 0 Å². The SMILES string of the molecule is CC(C)(C)C(=O)OC(OC[CH]OCP(=O)(O)O)OC(=O)C(C)(C)C. The minimum Gasteiger partial charge on any atom is -0.400 e. The zero-order valence-corrected chi connectivity index (χ0v) is 15.7. The van der Waals surface area contributed by atoms with Gasteiger partial charge < -0.3 is 28.7 Å². The second-order valence-corrected chi connectivity index (χ2v) is 8.65. The van der Waals surface area contributed by atoms with Crippen LogP contribution in [0.5, 0.6) is 0 Å². The van der Waals surface area contributed by atoms with Crippen molar-refractivity contribution in [3.05, 3.63) is 6.61 Å². The van der Waals surface area contributed by atoms with E-state index in [2.05, 4.69) is 4.74 Å². The maximum Gasteiger partial charge on any atom is 0.365 e. The molecule has 0 aromatic heterocycles. The van der Waals surface area contributed by atoms with E-state index < -0.39 is 43.2 Å². The zero-order chi connectivity index (χ0) is 19.2. The van der Waals surface area contributed by atoms with Gasteiger partial charge in [-0.05, 0) is 41.5 Å². The number of hydrogen-bond donors (Lipinski definition) is 2. The zero-order valence-electron chi connectivity index (χ0n) is 14.8. The van der Waals surface area contributed by atoms with E-state index in [0.717, 1.165) is 6.61 Å². The molecule has 2 N–H and O–H groups in total. The van der Waals surface area contributed by atoms with Crippen LogP contribution >= 0.6 is 7.60 Å². The molecule has 0 aliphatic carbocycles. The highest BCUT2D eigenvalue weighted by molar-refractivity contribution is 7.51. The molecule has 0 spiro atoms. The molecule has 0 amide bonds. The minimum atomic E-state index is -4.30. The van der Waals surface area contributed by atoms with Crippen molar-refractivity contribution in [2.75, 3.05) is 13.0 Å². The van der Waals surface area contributed by atoms with Crippen LogP contribution in [0.3, 0.4) is 0 Å². The molecule has 9 nitrogen and oxygen atoms in total. The molecule has 1 radical (unpaired) electrons. The number of carbonyl (C=O) groups is 2. The fourth-order valence-electron chi connectivity index (χ4n) is 0.936. The Balaban J connectivity index is 4.61. The summed E-state index contributed by atoms with van der Waals surface area (Å²) in [6.45, 7) is 8.75. The molecule has 0 unspecified atom stereocenters. The topological polar surface area (TPSA) is 129 Å². The first-order valence-electron chi connectivity index (χ1n) is 7.14. The van der Waals surface area contributed by atoms with E-state index in [9.17, 15) is 14.2 Å². The molecule has 0 saturated carbocycles. The predicted molar refractivity (Wildman–Crippen MR) is 83.1 cm³/mol. The number of hydrogen-bond acceptors (Lipinski definition) is 7. The molecule has 0 saturated heterocycles. The molecule has 0 fully saturated rings. The van der Waals surface area contributed by atoms with Crippen LogP contribution < -0.4 is 0 Å². The molecule has 0 aromatic rings. The van der Waals surface area contributed by atoms with E-state index in [1.165, 1.54) is 0 Å². The summed E-state index contributed by atoms with van der Waals surface area (Å²) in [5.41, 5.74) is -1.67. The van der Waals surface area contributed by atoms with Crippen LogP contribution in [0.25, 0.3) is 0 Å². The molecule has 0 heterocycles. The highest BCUT2D eigenvalue weighted by Crippen LogP contribution is 2.34. The normalized spacial score (nSPS) is 13.0. The van der Waals surface area contributed by atoms with Crippen molar-refractivity contribution in [3.8, 4) is 0 Å². The average molecular weight is 369 g/mol. The summed E-state index contributed by atoms with van der Waals surface area (Å²) < 4.78 is 30.3. The minimum absolute atomic E-state index is 0.320. The van der Waals surface area contributed by atoms with Gasteiger partial charge >= 0.3 is 26.0 Å². The van der Waals surface area contributed by atoms with Crippen molar-refractivity contribution in [2.24, 2.45) is 10.8 Å². The number of carbonyl (C=O) groups excluding carboxylic acids is 2. The fraction of sp³-hybridized carbons (Fsp3) is 0.786. The third-order valence-electron chi connectivity index (χ3n) is 2.29. The van der Waals surface area contributed by atoms with E-state index >= 15 is 0 Å². The first-order valence-corrected chi connectivity index (χ1v) is 8.94. The van der Waals surface area contributed by atoms with Crippen molar-refractivity contribution in [1.82, 2.24) is 0 Å². The Labute approximate surface area is 141 Å². The maximum atomic E-state index is 11.9. The first kappa shape index (κ1) is 23.0. The lowest BCUT2D eigenvalue weighted by Crippen LogP contribution is -2.36. The number of rotatable bonds is 8. The third-order valence-corrected chi connectivity index (χ3v) is 2.78. The molecular weight excluding hydrogens is 343 g/mol. The Bertz CT molecular complexity index is 442. The third kappa shape index (κ3) is 10.7. The van der Waals surface area contributed by atoms with Gasteiger partial charge in [-0.1, -0.05) is 0 Å². The van der Waals surface area contributed by atoms with E-state index in [-0.39, 0.29) is 6.61 Å². The molecule has 0 aromatic carbocycles. The standard InChI is InChI=1S/C14H26O9P/c1-13(2,3)10(15)22-12(23-11(16)14(4,5)6)21-8-7-20-9-24(17,18)19/h7,12H,8-9H2,1-6H3,(H2,17,18,19). The first-order chi connectivity index (χ1) is 10.6. The molecule has 0 rings (SSSR count). The molecule has 0 aliphatic rings. The van der Waals surface area contributed by atoms with Crippen molar-refractivity contribution in [1.29, 1.82) is 0 Å². The fourth-order valence-corrected chi connectivity index (χ4v) is 1.24. The lowest BCUT2D eigenvalue weighted by atomic mass is 9.97. The summed E-state index contributed by atoms with van der Waals surface area (Å²) in [4.78, 5) is 41.0. The number of ether oxygens (including phenoxy) is 4. The summed E-state index contributed by atoms with van der Waals surface area (Å²) in [6.07, 6.45) is -0.815. The maximum absolute atomic E-state index is 11.9. The Kier molecular flexibility index (Phi) is 8.55. The summed E-state index contributed by atoms with van der Waals surface area (Å²) in [7, 11) is -4.30. The van der Waals surface area contributed by atoms with Gasteiger partial charge in [-0.2, -0.15) is 0 Å². The molecular formula is C14H26O9P. The summed E-state index contributed by atoms with van der Waals surface area (Å²) in [5, 5.41) is 0. The molecule has 24 heavy (non-hydrogen) atoms. The van der Waals surface area contributed by atoms with Gasteiger partial charge in [0.25, 0.3) is 0 Å². The Morgan fingerprint density at radius 3 is 1.75 bits per heavy atom. The van der Waals surface area contributed by atoms with Crippen LogP contribution in [0.4, 0.5) is 0 Å². The van der Waals surface area contributed by atoms with E-state index in [4.69, 9.17) is 24.0 Å². The van der Waals surface area contributed by atoms with E-state index in [1.54, 1.807) is 41.5 Å². The quantitative estimate of drug-likeness (QED) is 0.285. The highest BCUT2D eigenvalue weighted by atomic mass is 31.2. The Hall–Kier alpha value is -0.990. The molecule has 141 valence electrons. The summed E-state index contributed by atoms with van der Waals surface area (Å²) in [6, 6.07) is 0. The average Bonchev–Trinajstić information content (AvgIpc) is 2.34. The van der Waals surface area contributed by atoms with Crippen LogP contribution in [0, 0.1) is 17.4 Å². The van der Waals surface area contributed by atoms with Gasteiger partial charge in [-0.25, -0.2) is 0 Å². The monoisotopic (exact) mass is 369 g/mol. The highest BCUT2D eigenvalue weighted by Gasteiger charge is 2.32. The van der Waals surface area contributed by atoms with Gasteiger partial charge in [0.1, 0.15) is 13.0 Å². The molecule has 0 aliphatic heterocycles. The van der Waals surface area contributed by atoms with Gasteiger partial charge in [-0.3, -0.25) is 14.2 Å². The second kappa shape index (κ2) is 8.92. The van der Waals surface area contributed by atoms with Gasteiger partial charge in [0, 0.05) is 0 Å². The predicted octanol–water partition coefficient (Wildman–Crippen LogP) is 1.78. The van der Waals surface area contributed by atoms with Crippen molar-refractivity contribution in [3.63, 3.8) is 0 Å². The van der Waals surface area contributed by atoms with Crippen LogP contribution in [-0.4, -0.2) is 41.2 Å². The van der Waals surface area contributed by atoms with Crippen LogP contribution in [0.1, 0.15) is 41.5 Å². The van der Waals surface area contributed by atoms with Gasteiger partial charge in [0.15, 0.2) is 0 Å². The van der Waals surface area contributed by atoms with Gasteiger partial charge in [-0.15, -0.1) is 0 Å². The lowest BCUT2D eigenvalue weighted by molar-refractivity contribution is -0.273.